The van der Waals surface area contributed by atoms with Gasteiger partial charge in [0, 0.05) is 24.0 Å². The summed E-state index contributed by atoms with van der Waals surface area (Å²) in [6.07, 6.45) is 1.53. The summed E-state index contributed by atoms with van der Waals surface area (Å²) in [6, 6.07) is 16.4. The molecule has 136 valence electrons. The largest absolute Gasteiger partial charge is 0.347 e. The molecule has 0 unspecified atom stereocenters. The molecule has 6 heteroatoms. The highest BCUT2D eigenvalue weighted by molar-refractivity contribution is 5.94. The molecule has 0 aliphatic rings. The molecule has 2 N–H and O–H groups in total. The summed E-state index contributed by atoms with van der Waals surface area (Å²) in [4.78, 5) is 32.1. The van der Waals surface area contributed by atoms with Crippen LogP contribution in [0.1, 0.15) is 38.9 Å². The van der Waals surface area contributed by atoms with Gasteiger partial charge in [-0.3, -0.25) is 9.59 Å². The summed E-state index contributed by atoms with van der Waals surface area (Å²) in [6.45, 7) is 3.96. The summed E-state index contributed by atoms with van der Waals surface area (Å²) in [7, 11) is 0. The third-order valence-electron chi connectivity index (χ3n) is 4.14. The second kappa shape index (κ2) is 8.23. The molecule has 27 heavy (non-hydrogen) atoms. The van der Waals surface area contributed by atoms with Crippen molar-refractivity contribution < 1.29 is 9.59 Å². The number of anilines is 2. The molecule has 1 heterocycles. The van der Waals surface area contributed by atoms with E-state index in [1.165, 1.54) is 13.1 Å². The maximum Gasteiger partial charge on any atom is 0.270 e. The molecular weight excluding hydrogens is 340 g/mol. The molecule has 0 saturated heterocycles. The Hall–Kier alpha value is -3.54. The minimum absolute atomic E-state index is 0.00474. The Morgan fingerprint density at radius 1 is 1.00 bits per heavy atom. The standard InChI is InChI=1S/C21H20N4O2/c1-14-5-3-4-6-17(14)13-23-20(27)19-11-12-22-21(25-19)24-18-9-7-16(8-10-18)15(2)26/h3-12H,13H2,1-2H3,(H,23,27)(H,22,24,25). The van der Waals surface area contributed by atoms with Crippen LogP contribution in [0.4, 0.5) is 11.6 Å². The molecule has 0 bridgehead atoms. The number of carbonyl (C=O) groups excluding carboxylic acids is 2. The van der Waals surface area contributed by atoms with Gasteiger partial charge in [-0.05, 0) is 55.3 Å². The molecule has 3 rings (SSSR count). The van der Waals surface area contributed by atoms with Crippen molar-refractivity contribution in [1.82, 2.24) is 15.3 Å². The lowest BCUT2D eigenvalue weighted by Gasteiger charge is -2.09. The van der Waals surface area contributed by atoms with Crippen LogP contribution >= 0.6 is 0 Å². The molecule has 0 radical (unpaired) electrons. The molecule has 0 aliphatic carbocycles. The number of aromatic nitrogens is 2. The third-order valence-corrected chi connectivity index (χ3v) is 4.14. The monoisotopic (exact) mass is 360 g/mol. The van der Waals surface area contributed by atoms with E-state index in [-0.39, 0.29) is 17.4 Å². The summed E-state index contributed by atoms with van der Waals surface area (Å²) >= 11 is 0. The van der Waals surface area contributed by atoms with E-state index in [2.05, 4.69) is 20.6 Å². The number of hydrogen-bond donors (Lipinski definition) is 2. The molecule has 1 aromatic heterocycles. The average molecular weight is 360 g/mol. The Bertz CT molecular complexity index is 968. The first-order chi connectivity index (χ1) is 13.0. The van der Waals surface area contributed by atoms with Gasteiger partial charge < -0.3 is 10.6 Å². The minimum atomic E-state index is -0.268. The normalized spacial score (nSPS) is 10.3. The highest BCUT2D eigenvalue weighted by Gasteiger charge is 2.09. The van der Waals surface area contributed by atoms with Crippen molar-refractivity contribution in [3.63, 3.8) is 0 Å². The zero-order valence-corrected chi connectivity index (χ0v) is 15.2. The van der Waals surface area contributed by atoms with Gasteiger partial charge in [-0.2, -0.15) is 0 Å². The van der Waals surface area contributed by atoms with Gasteiger partial charge in [-0.25, -0.2) is 9.97 Å². The number of benzene rings is 2. The predicted octanol–water partition coefficient (Wildman–Crippen LogP) is 3.66. The lowest BCUT2D eigenvalue weighted by molar-refractivity contribution is 0.0945. The Morgan fingerprint density at radius 3 is 2.44 bits per heavy atom. The number of amides is 1. The number of ketones is 1. The van der Waals surface area contributed by atoms with Crippen LogP contribution < -0.4 is 10.6 Å². The van der Waals surface area contributed by atoms with Gasteiger partial charge in [-0.1, -0.05) is 24.3 Å². The SMILES string of the molecule is CC(=O)c1ccc(Nc2nccc(C(=O)NCc3ccccc3C)n2)cc1. The van der Waals surface area contributed by atoms with Crippen molar-refractivity contribution in [3.05, 3.63) is 83.2 Å². The van der Waals surface area contributed by atoms with E-state index in [1.54, 1.807) is 30.3 Å². The van der Waals surface area contributed by atoms with Crippen molar-refractivity contribution in [2.45, 2.75) is 20.4 Å². The predicted molar refractivity (Wildman–Crippen MR) is 104 cm³/mol. The van der Waals surface area contributed by atoms with Crippen molar-refractivity contribution in [2.75, 3.05) is 5.32 Å². The highest BCUT2D eigenvalue weighted by Crippen LogP contribution is 2.14. The fourth-order valence-electron chi connectivity index (χ4n) is 2.54. The summed E-state index contributed by atoms with van der Waals surface area (Å²) in [5, 5.41) is 5.91. The molecule has 2 aromatic carbocycles. The maximum absolute atomic E-state index is 12.4. The molecule has 6 nitrogen and oxygen atoms in total. The number of aryl methyl sites for hydroxylation is 1. The van der Waals surface area contributed by atoms with Crippen LogP contribution in [0.5, 0.6) is 0 Å². The summed E-state index contributed by atoms with van der Waals surface area (Å²) < 4.78 is 0. The molecule has 0 atom stereocenters. The fraction of sp³-hybridized carbons (Fsp3) is 0.143. The second-order valence-electron chi connectivity index (χ2n) is 6.13. The van der Waals surface area contributed by atoms with E-state index in [0.717, 1.165) is 16.8 Å². The maximum atomic E-state index is 12.4. The Balaban J connectivity index is 1.66. The van der Waals surface area contributed by atoms with Crippen molar-refractivity contribution in [1.29, 1.82) is 0 Å². The van der Waals surface area contributed by atoms with Gasteiger partial charge in [0.1, 0.15) is 5.69 Å². The van der Waals surface area contributed by atoms with E-state index < -0.39 is 0 Å². The van der Waals surface area contributed by atoms with Crippen LogP contribution in [-0.4, -0.2) is 21.7 Å². The van der Waals surface area contributed by atoms with Crippen LogP contribution in [0.2, 0.25) is 0 Å². The fourth-order valence-corrected chi connectivity index (χ4v) is 2.54. The number of Topliss-reactive ketones (excluding diaryl/α,β-unsaturated/α-hetero) is 1. The molecule has 3 aromatic rings. The topological polar surface area (TPSA) is 84.0 Å². The van der Waals surface area contributed by atoms with Crippen LogP contribution in [-0.2, 0) is 6.54 Å². The van der Waals surface area contributed by atoms with Crippen molar-refractivity contribution >= 4 is 23.3 Å². The number of carbonyl (C=O) groups is 2. The Kier molecular flexibility index (Phi) is 5.56. The van der Waals surface area contributed by atoms with Crippen LogP contribution in [0.25, 0.3) is 0 Å². The molecule has 0 aliphatic heterocycles. The zero-order valence-electron chi connectivity index (χ0n) is 15.2. The van der Waals surface area contributed by atoms with Gasteiger partial charge in [0.15, 0.2) is 5.78 Å². The molecular formula is C21H20N4O2. The Morgan fingerprint density at radius 2 is 1.74 bits per heavy atom. The van der Waals surface area contributed by atoms with Gasteiger partial charge in [0.25, 0.3) is 5.91 Å². The van der Waals surface area contributed by atoms with E-state index >= 15 is 0 Å². The van der Waals surface area contributed by atoms with Crippen molar-refractivity contribution in [3.8, 4) is 0 Å². The average Bonchev–Trinajstić information content (AvgIpc) is 2.68. The second-order valence-corrected chi connectivity index (χ2v) is 6.13. The third kappa shape index (κ3) is 4.76. The highest BCUT2D eigenvalue weighted by atomic mass is 16.1. The van der Waals surface area contributed by atoms with Crippen LogP contribution in [0.15, 0.2) is 60.8 Å². The van der Waals surface area contributed by atoms with E-state index in [1.807, 2.05) is 31.2 Å². The van der Waals surface area contributed by atoms with E-state index in [0.29, 0.717) is 18.1 Å². The van der Waals surface area contributed by atoms with E-state index in [4.69, 9.17) is 0 Å². The summed E-state index contributed by atoms with van der Waals surface area (Å²) in [5.41, 5.74) is 3.82. The van der Waals surface area contributed by atoms with Crippen LogP contribution in [0, 0.1) is 6.92 Å². The lowest BCUT2D eigenvalue weighted by atomic mass is 10.1. The quantitative estimate of drug-likeness (QED) is 0.656. The van der Waals surface area contributed by atoms with Gasteiger partial charge in [0.2, 0.25) is 5.95 Å². The molecule has 0 saturated carbocycles. The zero-order chi connectivity index (χ0) is 19.2. The number of rotatable bonds is 6. The Labute approximate surface area is 157 Å². The smallest absolute Gasteiger partial charge is 0.270 e. The first kappa shape index (κ1) is 18.3. The first-order valence-corrected chi connectivity index (χ1v) is 8.57. The molecule has 0 spiro atoms. The van der Waals surface area contributed by atoms with E-state index in [9.17, 15) is 9.59 Å². The minimum Gasteiger partial charge on any atom is -0.347 e. The number of nitrogens with zero attached hydrogens (tertiary/aromatic N) is 2. The van der Waals surface area contributed by atoms with Crippen molar-refractivity contribution in [2.24, 2.45) is 0 Å². The van der Waals surface area contributed by atoms with Gasteiger partial charge in [0.05, 0.1) is 0 Å². The molecule has 1 amide bonds. The lowest BCUT2D eigenvalue weighted by Crippen LogP contribution is -2.24. The van der Waals surface area contributed by atoms with Gasteiger partial charge >= 0.3 is 0 Å². The first-order valence-electron chi connectivity index (χ1n) is 8.57. The summed E-state index contributed by atoms with van der Waals surface area (Å²) in [5.74, 6) is 0.0508. The number of nitrogens with one attached hydrogen (secondary N) is 2. The number of hydrogen-bond acceptors (Lipinski definition) is 5. The van der Waals surface area contributed by atoms with Crippen LogP contribution in [0.3, 0.4) is 0 Å². The molecule has 0 fully saturated rings. The van der Waals surface area contributed by atoms with Gasteiger partial charge in [-0.15, -0.1) is 0 Å².